The number of nitrogens with zero attached hydrogens (tertiary/aromatic N) is 4. The Bertz CT molecular complexity index is 1440. The molecule has 1 aliphatic heterocycles. The van der Waals surface area contributed by atoms with E-state index in [4.69, 9.17) is 0 Å². The minimum absolute atomic E-state index is 0.0675. The first-order chi connectivity index (χ1) is 17.1. The summed E-state index contributed by atoms with van der Waals surface area (Å²) < 4.78 is 108. The number of sulfone groups is 1. The lowest BCUT2D eigenvalue weighted by Crippen LogP contribution is -2.55. The Labute approximate surface area is 205 Å². The second-order valence-corrected chi connectivity index (χ2v) is 10.4. The molecular weight excluding hydrogens is 530 g/mol. The van der Waals surface area contributed by atoms with Gasteiger partial charge >= 0.3 is 12.4 Å². The number of carbonyl (C=O) groups excluding carboxylic acids is 1. The summed E-state index contributed by atoms with van der Waals surface area (Å²) in [6.45, 7) is 0.181. The average Bonchev–Trinajstić information content (AvgIpc) is 3.38. The second kappa shape index (κ2) is 8.79. The monoisotopic (exact) mass is 548 g/mol. The smallest absolute Gasteiger partial charge is 0.324 e. The molecule has 4 rings (SSSR count). The van der Waals surface area contributed by atoms with Crippen LogP contribution in [0.2, 0.25) is 0 Å². The summed E-state index contributed by atoms with van der Waals surface area (Å²) >= 11 is 0. The zero-order valence-electron chi connectivity index (χ0n) is 19.0. The van der Waals surface area contributed by atoms with E-state index in [0.717, 1.165) is 25.4 Å². The van der Waals surface area contributed by atoms with E-state index in [1.807, 2.05) is 0 Å². The predicted octanol–water partition coefficient (Wildman–Crippen LogP) is 2.81. The van der Waals surface area contributed by atoms with Crippen LogP contribution in [-0.4, -0.2) is 53.1 Å². The minimum atomic E-state index is -5.87. The highest BCUT2D eigenvalue weighted by atomic mass is 32.2. The van der Waals surface area contributed by atoms with Crippen molar-refractivity contribution in [3.8, 4) is 0 Å². The molecule has 2 heterocycles. The molecule has 1 unspecified atom stereocenters. The number of alkyl halides is 6. The number of anilines is 1. The normalized spacial score (nSPS) is 16.5. The van der Waals surface area contributed by atoms with Crippen LogP contribution in [0.4, 0.5) is 32.0 Å². The van der Waals surface area contributed by atoms with Gasteiger partial charge in [-0.05, 0) is 46.2 Å². The molecular formula is C21H18F6N6O3S. The van der Waals surface area contributed by atoms with Gasteiger partial charge in [0.1, 0.15) is 6.04 Å². The number of aromatic nitrogens is 4. The van der Waals surface area contributed by atoms with Gasteiger partial charge in [-0.1, -0.05) is 18.2 Å². The lowest BCUT2D eigenvalue weighted by Gasteiger charge is -2.35. The second-order valence-electron chi connectivity index (χ2n) is 8.36. The Hall–Kier alpha value is -3.53. The lowest BCUT2D eigenvalue weighted by molar-refractivity contribution is -0.291. The van der Waals surface area contributed by atoms with Gasteiger partial charge in [0, 0.05) is 18.5 Å². The molecule has 37 heavy (non-hydrogen) atoms. The maximum absolute atomic E-state index is 14.1. The largest absolute Gasteiger partial charge is 0.414 e. The molecule has 2 aromatic carbocycles. The molecule has 198 valence electrons. The van der Waals surface area contributed by atoms with Gasteiger partial charge in [0.15, 0.2) is 9.84 Å². The molecule has 0 saturated carbocycles. The van der Waals surface area contributed by atoms with Crippen LogP contribution in [0.3, 0.4) is 0 Å². The van der Waals surface area contributed by atoms with E-state index in [9.17, 15) is 39.6 Å². The topological polar surface area (TPSA) is 119 Å². The predicted molar refractivity (Wildman–Crippen MR) is 116 cm³/mol. The maximum Gasteiger partial charge on any atom is 0.414 e. The summed E-state index contributed by atoms with van der Waals surface area (Å²) in [7, 11) is -2.44. The Morgan fingerprint density at radius 3 is 2.19 bits per heavy atom. The van der Waals surface area contributed by atoms with Crippen molar-refractivity contribution in [3.63, 3.8) is 0 Å². The summed E-state index contributed by atoms with van der Waals surface area (Å²) in [5, 5.41) is 14.7. The van der Waals surface area contributed by atoms with Crippen LogP contribution in [-0.2, 0) is 33.6 Å². The zero-order valence-corrected chi connectivity index (χ0v) is 19.8. The van der Waals surface area contributed by atoms with Crippen LogP contribution in [0.25, 0.3) is 0 Å². The van der Waals surface area contributed by atoms with Crippen molar-refractivity contribution in [1.29, 1.82) is 0 Å². The third-order valence-corrected chi connectivity index (χ3v) is 7.00. The number of hydrogen-bond acceptors (Lipinski definition) is 7. The third-order valence-electron chi connectivity index (χ3n) is 5.89. The number of rotatable bonds is 5. The van der Waals surface area contributed by atoms with Gasteiger partial charge in [0.25, 0.3) is 0 Å². The quantitative estimate of drug-likeness (QED) is 0.471. The van der Waals surface area contributed by atoms with E-state index in [1.54, 1.807) is 0 Å². The Balaban J connectivity index is 1.64. The maximum atomic E-state index is 14.1. The number of aryl methyl sites for hydroxylation is 1. The first kappa shape index (κ1) is 26.5. The average molecular weight is 548 g/mol. The molecule has 0 saturated heterocycles. The molecule has 0 bridgehead atoms. The first-order valence-corrected chi connectivity index (χ1v) is 12.3. The van der Waals surface area contributed by atoms with Gasteiger partial charge < -0.3 is 5.32 Å². The van der Waals surface area contributed by atoms with Crippen molar-refractivity contribution >= 4 is 21.4 Å². The van der Waals surface area contributed by atoms with E-state index in [1.165, 1.54) is 18.2 Å². The number of amides is 1. The molecule has 3 aromatic rings. The van der Waals surface area contributed by atoms with Gasteiger partial charge in [-0.2, -0.15) is 31.1 Å². The van der Waals surface area contributed by atoms with Crippen molar-refractivity contribution in [2.75, 3.05) is 11.6 Å². The number of fused-ring (bicyclic) bond motifs is 1. The van der Waals surface area contributed by atoms with Crippen molar-refractivity contribution in [1.82, 2.24) is 25.5 Å². The fraction of sp³-hybridized carbons (Fsp3) is 0.333. The fourth-order valence-corrected chi connectivity index (χ4v) is 4.80. The number of tetrazole rings is 1. The van der Waals surface area contributed by atoms with Crippen molar-refractivity contribution in [2.24, 2.45) is 7.05 Å². The van der Waals surface area contributed by atoms with Crippen molar-refractivity contribution in [3.05, 3.63) is 65.0 Å². The standard InChI is InChI=1S/C21H18F6N6O3S/c1-33-31-18(30-32-33)19(20(22,23)24,21(25,26)27)12-3-5-13(6-4-12)29-17(34)16-15-8-7-14(37(2,35)36)9-11(15)10-28-16/h3-9,16,28H,10H2,1-2H3,(H,29,34). The summed E-state index contributed by atoms with van der Waals surface area (Å²) in [5.41, 5.74) is -4.78. The highest BCUT2D eigenvalue weighted by molar-refractivity contribution is 7.90. The molecule has 1 atom stereocenters. The number of benzene rings is 2. The molecule has 0 radical (unpaired) electrons. The van der Waals surface area contributed by atoms with Gasteiger partial charge in [-0.25, -0.2) is 8.42 Å². The number of nitrogens with one attached hydrogen (secondary N) is 2. The van der Waals surface area contributed by atoms with Crippen LogP contribution < -0.4 is 10.6 Å². The fourth-order valence-electron chi connectivity index (χ4n) is 4.13. The molecule has 0 fully saturated rings. The van der Waals surface area contributed by atoms with Crippen LogP contribution in [0.15, 0.2) is 47.4 Å². The van der Waals surface area contributed by atoms with Gasteiger partial charge in [-0.15, -0.1) is 10.2 Å². The Morgan fingerprint density at radius 1 is 1.05 bits per heavy atom. The SMILES string of the molecule is Cn1nnc(C(c2ccc(NC(=O)C3NCc4cc(S(C)(=O)=O)ccc43)cc2)(C(F)(F)F)C(F)(F)F)n1. The molecule has 2 N–H and O–H groups in total. The van der Waals surface area contributed by atoms with Crippen molar-refractivity contribution < 1.29 is 39.6 Å². The van der Waals surface area contributed by atoms with E-state index in [0.29, 0.717) is 28.1 Å². The lowest BCUT2D eigenvalue weighted by atomic mass is 9.78. The van der Waals surface area contributed by atoms with Crippen LogP contribution in [0, 0.1) is 0 Å². The van der Waals surface area contributed by atoms with Crippen LogP contribution >= 0.6 is 0 Å². The van der Waals surface area contributed by atoms with Gasteiger partial charge in [0.2, 0.25) is 17.1 Å². The van der Waals surface area contributed by atoms with Gasteiger partial charge in [0.05, 0.1) is 11.9 Å². The summed E-state index contributed by atoms with van der Waals surface area (Å²) in [6.07, 6.45) is -10.7. The molecule has 1 aliphatic rings. The van der Waals surface area contributed by atoms with Gasteiger partial charge in [-0.3, -0.25) is 10.1 Å². The molecule has 1 amide bonds. The Morgan fingerprint density at radius 2 is 1.68 bits per heavy atom. The van der Waals surface area contributed by atoms with E-state index < -0.39 is 50.9 Å². The third kappa shape index (κ3) is 4.54. The van der Waals surface area contributed by atoms with Crippen molar-refractivity contribution in [2.45, 2.75) is 35.2 Å². The summed E-state index contributed by atoms with van der Waals surface area (Å²) in [4.78, 5) is 13.4. The highest BCUT2D eigenvalue weighted by Gasteiger charge is 2.75. The molecule has 0 aliphatic carbocycles. The summed E-state index contributed by atoms with van der Waals surface area (Å²) in [5.74, 6) is -2.24. The van der Waals surface area contributed by atoms with E-state index in [2.05, 4.69) is 26.0 Å². The molecule has 1 aromatic heterocycles. The minimum Gasteiger partial charge on any atom is -0.324 e. The highest BCUT2D eigenvalue weighted by Crippen LogP contribution is 2.55. The number of halogens is 6. The molecule has 9 nitrogen and oxygen atoms in total. The number of hydrogen-bond donors (Lipinski definition) is 2. The molecule has 0 spiro atoms. The zero-order chi connectivity index (χ0) is 27.4. The molecule has 16 heteroatoms. The summed E-state index contributed by atoms with van der Waals surface area (Å²) in [6, 6.07) is 6.28. The number of carbonyl (C=O) groups is 1. The Kier molecular flexibility index (Phi) is 6.31. The van der Waals surface area contributed by atoms with Crippen LogP contribution in [0.1, 0.15) is 28.6 Å². The van der Waals surface area contributed by atoms with Crippen LogP contribution in [0.5, 0.6) is 0 Å². The van der Waals surface area contributed by atoms with E-state index >= 15 is 0 Å². The first-order valence-electron chi connectivity index (χ1n) is 10.4. The van der Waals surface area contributed by atoms with E-state index in [-0.39, 0.29) is 17.1 Å².